The molecule has 8 heteroatoms. The molecule has 2 aromatic heterocycles. The Bertz CT molecular complexity index is 647. The molecule has 0 aliphatic heterocycles. The summed E-state index contributed by atoms with van der Waals surface area (Å²) in [4.78, 5) is 19.0. The second-order valence-corrected chi connectivity index (χ2v) is 6.45. The fourth-order valence-corrected chi connectivity index (χ4v) is 3.28. The van der Waals surface area contributed by atoms with Crippen LogP contribution in [0.3, 0.4) is 0 Å². The number of anilines is 1. The maximum absolute atomic E-state index is 12.1. The summed E-state index contributed by atoms with van der Waals surface area (Å²) in [7, 11) is 0. The predicted molar refractivity (Wildman–Crippen MR) is 93.9 cm³/mol. The number of Topliss-reactive ketones (excluding diaryl/α,β-unsaturated/α-hetero) is 1. The Morgan fingerprint density at radius 2 is 2.12 bits per heavy atom. The van der Waals surface area contributed by atoms with E-state index in [1.54, 1.807) is 10.9 Å². The molecule has 1 aliphatic carbocycles. The third kappa shape index (κ3) is 5.33. The van der Waals surface area contributed by atoms with Gasteiger partial charge in [0.1, 0.15) is 6.54 Å². The quantitative estimate of drug-likeness (QED) is 0.759. The molecule has 3 N–H and O–H groups in total. The number of nitrogen functional groups attached to an aromatic ring is 1. The SMILES string of the molecule is Cl.Nc1ncc(CCCc2cn(CC(=O)CC3CCCC3)nn2)[nH]1. The van der Waals surface area contributed by atoms with Crippen LogP contribution in [0.5, 0.6) is 0 Å². The van der Waals surface area contributed by atoms with E-state index < -0.39 is 0 Å². The molecule has 0 saturated heterocycles. The number of carbonyl (C=O) groups is 1. The molecule has 0 radical (unpaired) electrons. The average Bonchev–Trinajstić information content (AvgIpc) is 3.23. The lowest BCUT2D eigenvalue weighted by molar-refractivity contribution is -0.120. The number of nitrogens with zero attached hydrogens (tertiary/aromatic N) is 4. The van der Waals surface area contributed by atoms with Crippen molar-refractivity contribution in [3.8, 4) is 0 Å². The number of H-pyrrole nitrogens is 1. The number of ketones is 1. The number of aromatic nitrogens is 5. The van der Waals surface area contributed by atoms with Crippen molar-refractivity contribution >= 4 is 24.1 Å². The van der Waals surface area contributed by atoms with Crippen LogP contribution in [0.2, 0.25) is 0 Å². The topological polar surface area (TPSA) is 102 Å². The molecule has 132 valence electrons. The first kappa shape index (κ1) is 18.4. The van der Waals surface area contributed by atoms with Gasteiger partial charge in [-0.05, 0) is 25.2 Å². The molecule has 2 heterocycles. The Balaban J connectivity index is 0.00000208. The van der Waals surface area contributed by atoms with Crippen LogP contribution in [-0.4, -0.2) is 30.7 Å². The van der Waals surface area contributed by atoms with Crippen LogP contribution < -0.4 is 5.73 Å². The van der Waals surface area contributed by atoms with Crippen molar-refractivity contribution in [2.45, 2.75) is 57.9 Å². The van der Waals surface area contributed by atoms with E-state index >= 15 is 0 Å². The average molecular weight is 353 g/mol. The Labute approximate surface area is 147 Å². The normalized spacial score (nSPS) is 14.7. The number of imidazole rings is 1. The van der Waals surface area contributed by atoms with Crippen molar-refractivity contribution in [2.24, 2.45) is 5.92 Å². The lowest BCUT2D eigenvalue weighted by Gasteiger charge is -2.06. The van der Waals surface area contributed by atoms with Crippen LogP contribution in [-0.2, 0) is 24.2 Å². The van der Waals surface area contributed by atoms with Gasteiger partial charge in [-0.15, -0.1) is 17.5 Å². The number of halogens is 1. The molecule has 0 amide bonds. The zero-order valence-electron chi connectivity index (χ0n) is 13.8. The van der Waals surface area contributed by atoms with Crippen molar-refractivity contribution in [1.82, 2.24) is 25.0 Å². The van der Waals surface area contributed by atoms with E-state index in [-0.39, 0.29) is 18.2 Å². The highest BCUT2D eigenvalue weighted by Crippen LogP contribution is 2.27. The van der Waals surface area contributed by atoms with Crippen LogP contribution in [0.15, 0.2) is 12.4 Å². The number of aromatic amines is 1. The second kappa shape index (κ2) is 8.82. The fourth-order valence-electron chi connectivity index (χ4n) is 3.28. The van der Waals surface area contributed by atoms with Gasteiger partial charge in [-0.1, -0.05) is 30.9 Å². The molecule has 0 bridgehead atoms. The van der Waals surface area contributed by atoms with Gasteiger partial charge in [0.2, 0.25) is 0 Å². The van der Waals surface area contributed by atoms with Crippen LogP contribution in [0.25, 0.3) is 0 Å². The highest BCUT2D eigenvalue weighted by atomic mass is 35.5. The Morgan fingerprint density at radius 3 is 2.83 bits per heavy atom. The molecular weight excluding hydrogens is 328 g/mol. The van der Waals surface area contributed by atoms with Gasteiger partial charge in [-0.2, -0.15) is 0 Å². The number of nitrogens with one attached hydrogen (secondary N) is 1. The third-order valence-electron chi connectivity index (χ3n) is 4.44. The van der Waals surface area contributed by atoms with Crippen molar-refractivity contribution in [1.29, 1.82) is 0 Å². The predicted octanol–water partition coefficient (Wildman–Crippen LogP) is 2.33. The minimum absolute atomic E-state index is 0. The summed E-state index contributed by atoms with van der Waals surface area (Å²) in [6.45, 7) is 0.348. The summed E-state index contributed by atoms with van der Waals surface area (Å²) in [5.41, 5.74) is 7.50. The monoisotopic (exact) mass is 352 g/mol. The lowest BCUT2D eigenvalue weighted by atomic mass is 10.0. The maximum Gasteiger partial charge on any atom is 0.197 e. The molecule has 1 aliphatic rings. The van der Waals surface area contributed by atoms with Gasteiger partial charge in [0.25, 0.3) is 0 Å². The van der Waals surface area contributed by atoms with Gasteiger partial charge in [0.05, 0.1) is 11.9 Å². The van der Waals surface area contributed by atoms with Crippen LogP contribution in [0, 0.1) is 5.92 Å². The molecule has 0 aromatic carbocycles. The maximum atomic E-state index is 12.1. The second-order valence-electron chi connectivity index (χ2n) is 6.45. The summed E-state index contributed by atoms with van der Waals surface area (Å²) >= 11 is 0. The van der Waals surface area contributed by atoms with E-state index in [0.29, 0.717) is 24.8 Å². The van der Waals surface area contributed by atoms with Gasteiger partial charge in [0, 0.05) is 18.3 Å². The van der Waals surface area contributed by atoms with E-state index in [4.69, 9.17) is 5.73 Å². The van der Waals surface area contributed by atoms with Gasteiger partial charge in [0.15, 0.2) is 11.7 Å². The minimum atomic E-state index is 0. The number of carbonyl (C=O) groups excluding carboxylic acids is 1. The Hall–Kier alpha value is -1.89. The van der Waals surface area contributed by atoms with E-state index in [2.05, 4.69) is 20.3 Å². The fraction of sp³-hybridized carbons (Fsp3) is 0.625. The molecule has 2 aromatic rings. The van der Waals surface area contributed by atoms with E-state index in [0.717, 1.165) is 30.7 Å². The van der Waals surface area contributed by atoms with Crippen molar-refractivity contribution in [3.05, 3.63) is 23.8 Å². The smallest absolute Gasteiger partial charge is 0.197 e. The molecule has 7 nitrogen and oxygen atoms in total. The van der Waals surface area contributed by atoms with Gasteiger partial charge in [-0.25, -0.2) is 9.67 Å². The van der Waals surface area contributed by atoms with Crippen molar-refractivity contribution in [3.63, 3.8) is 0 Å². The molecule has 1 fully saturated rings. The first-order valence-corrected chi connectivity index (χ1v) is 8.39. The van der Waals surface area contributed by atoms with Crippen molar-refractivity contribution < 1.29 is 4.79 Å². The van der Waals surface area contributed by atoms with Crippen LogP contribution in [0.1, 0.15) is 49.9 Å². The van der Waals surface area contributed by atoms with E-state index in [9.17, 15) is 4.79 Å². The molecule has 0 spiro atoms. The van der Waals surface area contributed by atoms with Gasteiger partial charge in [-0.3, -0.25) is 4.79 Å². The zero-order chi connectivity index (χ0) is 16.1. The third-order valence-corrected chi connectivity index (χ3v) is 4.44. The Kier molecular flexibility index (Phi) is 6.78. The molecule has 1 saturated carbocycles. The van der Waals surface area contributed by atoms with Crippen LogP contribution in [0.4, 0.5) is 5.95 Å². The number of aryl methyl sites for hydroxylation is 2. The minimum Gasteiger partial charge on any atom is -0.369 e. The van der Waals surface area contributed by atoms with Gasteiger partial charge < -0.3 is 10.7 Å². The summed E-state index contributed by atoms with van der Waals surface area (Å²) in [6, 6.07) is 0. The highest BCUT2D eigenvalue weighted by molar-refractivity contribution is 5.85. The lowest BCUT2D eigenvalue weighted by Crippen LogP contribution is -2.13. The molecule has 3 rings (SSSR count). The molecule has 0 unspecified atom stereocenters. The summed E-state index contributed by atoms with van der Waals surface area (Å²) in [6.07, 6.45) is 11.9. The van der Waals surface area contributed by atoms with Crippen molar-refractivity contribution in [2.75, 3.05) is 5.73 Å². The Morgan fingerprint density at radius 1 is 1.33 bits per heavy atom. The number of hydrogen-bond donors (Lipinski definition) is 2. The molecule has 0 atom stereocenters. The number of hydrogen-bond acceptors (Lipinski definition) is 5. The largest absolute Gasteiger partial charge is 0.369 e. The highest BCUT2D eigenvalue weighted by Gasteiger charge is 2.18. The first-order chi connectivity index (χ1) is 11.2. The van der Waals surface area contributed by atoms with E-state index in [1.165, 1.54) is 25.7 Å². The standard InChI is InChI=1S/C16H24N6O.ClH/c17-16-18-9-13(19-16)6-3-7-14-10-22(21-20-14)11-15(23)8-12-4-1-2-5-12;/h9-10,12H,1-8,11H2,(H3,17,18,19);1H. The van der Waals surface area contributed by atoms with Crippen LogP contribution >= 0.6 is 12.4 Å². The summed E-state index contributed by atoms with van der Waals surface area (Å²) < 4.78 is 1.67. The first-order valence-electron chi connectivity index (χ1n) is 8.39. The zero-order valence-corrected chi connectivity index (χ0v) is 14.6. The molecular formula is C16H25ClN6O. The summed E-state index contributed by atoms with van der Waals surface area (Å²) in [5, 5.41) is 8.21. The van der Waals surface area contributed by atoms with E-state index in [1.807, 2.05) is 6.20 Å². The summed E-state index contributed by atoms with van der Waals surface area (Å²) in [5.74, 6) is 1.31. The number of nitrogens with two attached hydrogens (primary N) is 1. The number of rotatable bonds is 8. The molecule has 24 heavy (non-hydrogen) atoms. The van der Waals surface area contributed by atoms with Gasteiger partial charge >= 0.3 is 0 Å².